The summed E-state index contributed by atoms with van der Waals surface area (Å²) in [5.74, 6) is -3.26. The molecule has 0 spiro atoms. The van der Waals surface area contributed by atoms with E-state index in [1.165, 1.54) is 7.05 Å². The van der Waals surface area contributed by atoms with Gasteiger partial charge in [0.2, 0.25) is 5.91 Å². The van der Waals surface area contributed by atoms with E-state index in [2.05, 4.69) is 0 Å². The van der Waals surface area contributed by atoms with Crippen molar-refractivity contribution in [1.82, 2.24) is 4.90 Å². The highest BCUT2D eigenvalue weighted by molar-refractivity contribution is 6.27. The van der Waals surface area contributed by atoms with Crippen LogP contribution in [0, 0.1) is 0 Å². The summed E-state index contributed by atoms with van der Waals surface area (Å²) in [4.78, 5) is 11.6. The normalized spacial score (nSPS) is 16.6. The van der Waals surface area contributed by atoms with Crippen LogP contribution in [0.4, 0.5) is 0 Å². The standard InChI is InChI=1S/C4H8ClNO/c1-6(2)4(7)3-5/h3H2,1-2H3/i1D,3D2. The first-order chi connectivity index (χ1) is 4.39. The van der Waals surface area contributed by atoms with Crippen LogP contribution in [0.25, 0.3) is 0 Å². The number of halogens is 1. The van der Waals surface area contributed by atoms with Crippen LogP contribution in [-0.4, -0.2) is 30.7 Å². The van der Waals surface area contributed by atoms with Gasteiger partial charge in [-0.15, -0.1) is 11.6 Å². The zero-order valence-corrected chi connectivity index (χ0v) is 4.70. The second-order valence-corrected chi connectivity index (χ2v) is 1.29. The van der Waals surface area contributed by atoms with Gasteiger partial charge in [-0.1, -0.05) is 0 Å². The zero-order chi connectivity index (χ0) is 8.36. The van der Waals surface area contributed by atoms with Crippen LogP contribution in [-0.2, 0) is 4.79 Å². The van der Waals surface area contributed by atoms with Gasteiger partial charge in [0.05, 0.1) is 2.74 Å². The minimum absolute atomic E-state index is 0.287. The summed E-state index contributed by atoms with van der Waals surface area (Å²) in [5, 5.41) is 0. The van der Waals surface area contributed by atoms with Crippen LogP contribution in [0.5, 0.6) is 0 Å². The Morgan fingerprint density at radius 3 is 3.00 bits per heavy atom. The molecule has 0 unspecified atom stereocenters. The average molecular weight is 125 g/mol. The van der Waals surface area contributed by atoms with E-state index in [4.69, 9.17) is 15.7 Å². The topological polar surface area (TPSA) is 20.3 Å². The number of carbonyl (C=O) groups is 1. The summed E-state index contributed by atoms with van der Waals surface area (Å²) in [6.45, 7) is 0. The number of rotatable bonds is 1. The number of hydrogen-bond donors (Lipinski definition) is 0. The molecule has 0 saturated heterocycles. The second-order valence-electron chi connectivity index (χ2n) is 1.10. The lowest BCUT2D eigenvalue weighted by molar-refractivity contribution is -0.126. The van der Waals surface area contributed by atoms with Gasteiger partial charge >= 0.3 is 0 Å². The first-order valence-corrected chi connectivity index (χ1v) is 2.01. The van der Waals surface area contributed by atoms with Crippen molar-refractivity contribution in [3.8, 4) is 0 Å². The van der Waals surface area contributed by atoms with E-state index in [0.717, 1.165) is 4.90 Å². The molecular weight excluding hydrogens is 114 g/mol. The maximum absolute atomic E-state index is 10.7. The van der Waals surface area contributed by atoms with Gasteiger partial charge in [0.15, 0.2) is 0 Å². The van der Waals surface area contributed by atoms with E-state index in [-0.39, 0.29) is 7.02 Å². The first kappa shape index (κ1) is 2.92. The Labute approximate surface area is 52.3 Å². The van der Waals surface area contributed by atoms with Crippen molar-refractivity contribution >= 4 is 17.5 Å². The van der Waals surface area contributed by atoms with E-state index in [1.54, 1.807) is 0 Å². The molecule has 0 fully saturated rings. The van der Waals surface area contributed by atoms with E-state index in [1.807, 2.05) is 0 Å². The van der Waals surface area contributed by atoms with Gasteiger partial charge in [0, 0.05) is 15.4 Å². The summed E-state index contributed by atoms with van der Waals surface area (Å²) in [5.41, 5.74) is 0. The molecule has 2 nitrogen and oxygen atoms in total. The fourth-order valence-electron chi connectivity index (χ4n) is 0.0721. The molecule has 0 aromatic rings. The molecule has 0 aromatic carbocycles. The summed E-state index contributed by atoms with van der Waals surface area (Å²) in [6, 6.07) is 0. The highest BCUT2D eigenvalue weighted by atomic mass is 35.5. The molecule has 0 aliphatic heterocycles. The van der Waals surface area contributed by atoms with Crippen molar-refractivity contribution in [2.45, 2.75) is 0 Å². The molecule has 3 heteroatoms. The zero-order valence-electron chi connectivity index (χ0n) is 6.94. The van der Waals surface area contributed by atoms with E-state index in [0.29, 0.717) is 0 Å². The lowest BCUT2D eigenvalue weighted by atomic mass is 10.6. The lowest BCUT2D eigenvalue weighted by Crippen LogP contribution is -2.22. The number of hydrogen-bond acceptors (Lipinski definition) is 1. The monoisotopic (exact) mass is 124 g/mol. The van der Waals surface area contributed by atoms with Crippen LogP contribution in [0.1, 0.15) is 4.11 Å². The van der Waals surface area contributed by atoms with Crippen molar-refractivity contribution in [3.63, 3.8) is 0 Å². The average Bonchev–Trinajstić information content (AvgIpc) is 1.83. The predicted molar refractivity (Wildman–Crippen MR) is 29.4 cm³/mol. The predicted octanol–water partition coefficient (Wildman–Crippen LogP) is 0.313. The summed E-state index contributed by atoms with van der Waals surface area (Å²) < 4.78 is 20.2. The highest BCUT2D eigenvalue weighted by Gasteiger charge is 1.97. The van der Waals surface area contributed by atoms with Gasteiger partial charge in [-0.25, -0.2) is 0 Å². The molecule has 0 aromatic heterocycles. The molecule has 0 heterocycles. The van der Waals surface area contributed by atoms with Gasteiger partial charge in [-0.2, -0.15) is 0 Å². The van der Waals surface area contributed by atoms with Crippen molar-refractivity contribution in [1.29, 1.82) is 0 Å². The largest absolute Gasteiger partial charge is 0.348 e. The number of amides is 1. The minimum atomic E-state index is -2.38. The van der Waals surface area contributed by atoms with Crippen LogP contribution >= 0.6 is 11.6 Å². The quantitative estimate of drug-likeness (QED) is 0.461. The molecule has 0 aliphatic carbocycles. The van der Waals surface area contributed by atoms with Crippen molar-refractivity contribution in [3.05, 3.63) is 0 Å². The van der Waals surface area contributed by atoms with E-state index < -0.39 is 11.7 Å². The Balaban J connectivity index is 4.09. The summed E-state index contributed by atoms with van der Waals surface area (Å²) in [7, 11) is 1.03. The fraction of sp³-hybridized carbons (Fsp3) is 0.750. The molecule has 0 N–H and O–H groups in total. The van der Waals surface area contributed by atoms with Gasteiger partial charge in [0.1, 0.15) is 5.83 Å². The lowest BCUT2D eigenvalue weighted by Gasteiger charge is -2.04. The van der Waals surface area contributed by atoms with Crippen LogP contribution in [0.2, 0.25) is 0 Å². The molecule has 0 saturated carbocycles. The Morgan fingerprint density at radius 2 is 2.86 bits per heavy atom. The van der Waals surface area contributed by atoms with Crippen LogP contribution in [0.15, 0.2) is 0 Å². The summed E-state index contributed by atoms with van der Waals surface area (Å²) in [6.07, 6.45) is 0. The highest BCUT2D eigenvalue weighted by Crippen LogP contribution is 1.80. The molecule has 7 heavy (non-hydrogen) atoms. The SMILES string of the molecule is [2H]CN(C)C(=O)C([2H])([2H])Cl. The summed E-state index contributed by atoms with van der Waals surface area (Å²) >= 11 is 5.02. The molecule has 42 valence electrons. The maximum atomic E-state index is 10.7. The number of carbonyl (C=O) groups excluding carboxylic acids is 1. The van der Waals surface area contributed by atoms with E-state index in [9.17, 15) is 4.79 Å². The molecule has 0 atom stereocenters. The Bertz CT molecular complexity index is 135. The molecular formula is C4H8ClNO. The van der Waals surface area contributed by atoms with Gasteiger partial charge in [-0.3, -0.25) is 4.79 Å². The van der Waals surface area contributed by atoms with Crippen molar-refractivity contribution < 1.29 is 8.91 Å². The van der Waals surface area contributed by atoms with Gasteiger partial charge in [0.25, 0.3) is 0 Å². The molecule has 0 rings (SSSR count). The van der Waals surface area contributed by atoms with E-state index >= 15 is 0 Å². The minimum Gasteiger partial charge on any atom is -0.348 e. The van der Waals surface area contributed by atoms with Crippen LogP contribution < -0.4 is 0 Å². The Hall–Kier alpha value is -0.240. The number of alkyl halides is 1. The third kappa shape index (κ3) is 2.45. The Kier molecular flexibility index (Phi) is 1.19. The third-order valence-corrected chi connectivity index (χ3v) is 0.589. The molecule has 0 radical (unpaired) electrons. The molecule has 0 aliphatic rings. The van der Waals surface area contributed by atoms with Gasteiger partial charge < -0.3 is 4.90 Å². The first-order valence-electron chi connectivity index (χ1n) is 3.34. The van der Waals surface area contributed by atoms with Crippen molar-refractivity contribution in [2.75, 3.05) is 19.9 Å². The van der Waals surface area contributed by atoms with Crippen molar-refractivity contribution in [2.24, 2.45) is 0 Å². The second kappa shape index (κ2) is 2.86. The number of nitrogens with zero attached hydrogens (tertiary/aromatic N) is 1. The Morgan fingerprint density at radius 1 is 2.29 bits per heavy atom. The third-order valence-electron chi connectivity index (χ3n) is 0.428. The maximum Gasteiger partial charge on any atom is 0.236 e. The smallest absolute Gasteiger partial charge is 0.236 e. The molecule has 1 amide bonds. The van der Waals surface area contributed by atoms with Crippen LogP contribution in [0.3, 0.4) is 0 Å². The fourth-order valence-corrected chi connectivity index (χ4v) is 0.216. The van der Waals surface area contributed by atoms with Gasteiger partial charge in [-0.05, 0) is 0 Å². The molecule has 0 bridgehead atoms.